The number of hydrogen-bond donors (Lipinski definition) is 1. The molecule has 0 aliphatic carbocycles. The summed E-state index contributed by atoms with van der Waals surface area (Å²) in [6, 6.07) is 0. The van der Waals surface area contributed by atoms with Gasteiger partial charge in [-0.15, -0.1) is 0 Å². The van der Waals surface area contributed by atoms with Crippen LogP contribution in [-0.2, 0) is 4.79 Å². The fourth-order valence-electron chi connectivity index (χ4n) is 0.797. The molecule has 1 unspecified atom stereocenters. The van der Waals surface area contributed by atoms with Crippen molar-refractivity contribution in [3.63, 3.8) is 0 Å². The standard InChI is InChI=1S/C9H19NO/c1-4-6-10-9(11)7-8(3)5-2/h8H,4-7H2,1-3H3,(H,10,11). The second-order valence-corrected chi connectivity index (χ2v) is 3.07. The zero-order valence-electron chi connectivity index (χ0n) is 7.81. The van der Waals surface area contributed by atoms with Crippen LogP contribution in [0.1, 0.15) is 40.0 Å². The Morgan fingerprint density at radius 1 is 1.45 bits per heavy atom. The van der Waals surface area contributed by atoms with Crippen molar-refractivity contribution in [3.8, 4) is 0 Å². The van der Waals surface area contributed by atoms with E-state index < -0.39 is 0 Å². The van der Waals surface area contributed by atoms with Crippen LogP contribution in [0, 0.1) is 5.92 Å². The smallest absolute Gasteiger partial charge is 0.220 e. The number of carbonyl (C=O) groups excluding carboxylic acids is 1. The van der Waals surface area contributed by atoms with E-state index in [-0.39, 0.29) is 5.91 Å². The molecule has 0 radical (unpaired) electrons. The maximum absolute atomic E-state index is 11.1. The Kier molecular flexibility index (Phi) is 5.90. The summed E-state index contributed by atoms with van der Waals surface area (Å²) in [5.74, 6) is 0.716. The van der Waals surface area contributed by atoms with Crippen LogP contribution >= 0.6 is 0 Å². The van der Waals surface area contributed by atoms with Crippen LogP contribution in [-0.4, -0.2) is 12.5 Å². The van der Waals surface area contributed by atoms with E-state index in [0.717, 1.165) is 19.4 Å². The van der Waals surface area contributed by atoms with E-state index >= 15 is 0 Å². The zero-order valence-corrected chi connectivity index (χ0v) is 7.81. The normalized spacial score (nSPS) is 12.6. The summed E-state index contributed by atoms with van der Waals surface area (Å²) in [6.45, 7) is 7.09. The van der Waals surface area contributed by atoms with Gasteiger partial charge in [0.15, 0.2) is 0 Å². The van der Waals surface area contributed by atoms with Crippen LogP contribution in [0.15, 0.2) is 0 Å². The van der Waals surface area contributed by atoms with Gasteiger partial charge < -0.3 is 5.32 Å². The van der Waals surface area contributed by atoms with Crippen molar-refractivity contribution in [2.24, 2.45) is 5.92 Å². The average molecular weight is 157 g/mol. The second-order valence-electron chi connectivity index (χ2n) is 3.07. The van der Waals surface area contributed by atoms with Crippen molar-refractivity contribution in [2.75, 3.05) is 6.54 Å². The van der Waals surface area contributed by atoms with Crippen LogP contribution in [0.5, 0.6) is 0 Å². The topological polar surface area (TPSA) is 29.1 Å². The van der Waals surface area contributed by atoms with Crippen molar-refractivity contribution in [3.05, 3.63) is 0 Å². The van der Waals surface area contributed by atoms with Gasteiger partial charge in [-0.2, -0.15) is 0 Å². The number of nitrogens with one attached hydrogen (secondary N) is 1. The summed E-state index contributed by atoms with van der Waals surface area (Å²) in [5, 5.41) is 2.86. The lowest BCUT2D eigenvalue weighted by Crippen LogP contribution is -2.25. The lowest BCUT2D eigenvalue weighted by Gasteiger charge is -2.07. The molecule has 2 nitrogen and oxygen atoms in total. The van der Waals surface area contributed by atoms with Crippen LogP contribution in [0.2, 0.25) is 0 Å². The highest BCUT2D eigenvalue weighted by molar-refractivity contribution is 5.75. The van der Waals surface area contributed by atoms with Crippen LogP contribution < -0.4 is 5.32 Å². The Morgan fingerprint density at radius 2 is 2.09 bits per heavy atom. The van der Waals surface area contributed by atoms with Gasteiger partial charge in [-0.25, -0.2) is 0 Å². The Hall–Kier alpha value is -0.530. The van der Waals surface area contributed by atoms with Gasteiger partial charge in [0.1, 0.15) is 0 Å². The summed E-state index contributed by atoms with van der Waals surface area (Å²) in [6.07, 6.45) is 2.78. The first kappa shape index (κ1) is 10.5. The summed E-state index contributed by atoms with van der Waals surface area (Å²) in [5.41, 5.74) is 0. The fourth-order valence-corrected chi connectivity index (χ4v) is 0.797. The van der Waals surface area contributed by atoms with Gasteiger partial charge in [0.25, 0.3) is 0 Å². The van der Waals surface area contributed by atoms with Crippen molar-refractivity contribution in [2.45, 2.75) is 40.0 Å². The van der Waals surface area contributed by atoms with Gasteiger partial charge >= 0.3 is 0 Å². The first-order chi connectivity index (χ1) is 5.20. The number of carbonyl (C=O) groups is 1. The molecule has 0 aliphatic heterocycles. The van der Waals surface area contributed by atoms with Crippen molar-refractivity contribution >= 4 is 5.91 Å². The van der Waals surface area contributed by atoms with E-state index in [4.69, 9.17) is 0 Å². The summed E-state index contributed by atoms with van der Waals surface area (Å²) >= 11 is 0. The van der Waals surface area contributed by atoms with Gasteiger partial charge in [0, 0.05) is 13.0 Å². The van der Waals surface area contributed by atoms with Crippen LogP contribution in [0.4, 0.5) is 0 Å². The Bertz CT molecular complexity index is 112. The lowest BCUT2D eigenvalue weighted by atomic mass is 10.1. The Labute approximate surface area is 69.4 Å². The molecular formula is C9H19NO. The van der Waals surface area contributed by atoms with E-state index in [2.05, 4.69) is 26.1 Å². The summed E-state index contributed by atoms with van der Waals surface area (Å²) in [7, 11) is 0. The highest BCUT2D eigenvalue weighted by Crippen LogP contribution is 2.05. The molecule has 0 saturated heterocycles. The number of rotatable bonds is 5. The van der Waals surface area contributed by atoms with Gasteiger partial charge in [-0.05, 0) is 12.3 Å². The number of amides is 1. The minimum absolute atomic E-state index is 0.196. The minimum Gasteiger partial charge on any atom is -0.356 e. The molecular weight excluding hydrogens is 138 g/mol. The highest BCUT2D eigenvalue weighted by atomic mass is 16.1. The molecule has 0 aromatic carbocycles. The lowest BCUT2D eigenvalue weighted by molar-refractivity contribution is -0.121. The predicted octanol–water partition coefficient (Wildman–Crippen LogP) is 1.95. The van der Waals surface area contributed by atoms with E-state index in [1.807, 2.05) is 0 Å². The molecule has 0 aromatic rings. The van der Waals surface area contributed by atoms with Gasteiger partial charge in [0.05, 0.1) is 0 Å². The average Bonchev–Trinajstić information content (AvgIpc) is 2.00. The third kappa shape index (κ3) is 5.89. The highest BCUT2D eigenvalue weighted by Gasteiger charge is 2.04. The Balaban J connectivity index is 3.36. The van der Waals surface area contributed by atoms with E-state index in [9.17, 15) is 4.79 Å². The predicted molar refractivity (Wildman–Crippen MR) is 47.4 cm³/mol. The molecule has 0 spiro atoms. The van der Waals surface area contributed by atoms with Crippen LogP contribution in [0.3, 0.4) is 0 Å². The third-order valence-corrected chi connectivity index (χ3v) is 1.80. The largest absolute Gasteiger partial charge is 0.356 e. The van der Waals surface area contributed by atoms with Crippen molar-refractivity contribution in [1.29, 1.82) is 0 Å². The molecule has 1 amide bonds. The van der Waals surface area contributed by atoms with Crippen LogP contribution in [0.25, 0.3) is 0 Å². The van der Waals surface area contributed by atoms with Gasteiger partial charge in [-0.1, -0.05) is 27.2 Å². The summed E-state index contributed by atoms with van der Waals surface area (Å²) < 4.78 is 0. The first-order valence-corrected chi connectivity index (χ1v) is 4.47. The van der Waals surface area contributed by atoms with Crippen molar-refractivity contribution in [1.82, 2.24) is 5.32 Å². The van der Waals surface area contributed by atoms with Gasteiger partial charge in [0.2, 0.25) is 5.91 Å². The summed E-state index contributed by atoms with van der Waals surface area (Å²) in [4.78, 5) is 11.1. The monoisotopic (exact) mass is 157 g/mol. The molecule has 0 saturated carbocycles. The molecule has 1 N–H and O–H groups in total. The third-order valence-electron chi connectivity index (χ3n) is 1.80. The quantitative estimate of drug-likeness (QED) is 0.649. The SMILES string of the molecule is CCCNC(=O)CC(C)CC. The molecule has 0 heterocycles. The minimum atomic E-state index is 0.196. The molecule has 0 aliphatic rings. The first-order valence-electron chi connectivity index (χ1n) is 4.47. The zero-order chi connectivity index (χ0) is 8.69. The second kappa shape index (κ2) is 6.20. The molecule has 0 bridgehead atoms. The van der Waals surface area contributed by atoms with Crippen molar-refractivity contribution < 1.29 is 4.79 Å². The van der Waals surface area contributed by atoms with E-state index in [1.165, 1.54) is 0 Å². The molecule has 0 rings (SSSR count). The maximum atomic E-state index is 11.1. The van der Waals surface area contributed by atoms with E-state index in [0.29, 0.717) is 12.3 Å². The fraction of sp³-hybridized carbons (Fsp3) is 0.889. The van der Waals surface area contributed by atoms with E-state index in [1.54, 1.807) is 0 Å². The Morgan fingerprint density at radius 3 is 2.55 bits per heavy atom. The molecule has 2 heteroatoms. The molecule has 0 fully saturated rings. The van der Waals surface area contributed by atoms with Gasteiger partial charge in [-0.3, -0.25) is 4.79 Å². The molecule has 1 atom stereocenters. The number of hydrogen-bond acceptors (Lipinski definition) is 1. The molecule has 11 heavy (non-hydrogen) atoms. The maximum Gasteiger partial charge on any atom is 0.220 e. The molecule has 0 aromatic heterocycles. The molecule has 66 valence electrons.